The normalized spacial score (nSPS) is 20.9. The quantitative estimate of drug-likeness (QED) is 0.278. The van der Waals surface area contributed by atoms with E-state index in [1.54, 1.807) is 24.4 Å². The maximum atomic E-state index is 14.7. The van der Waals surface area contributed by atoms with Gasteiger partial charge in [0.2, 0.25) is 5.91 Å². The van der Waals surface area contributed by atoms with Gasteiger partial charge in [-0.2, -0.15) is 0 Å². The monoisotopic (exact) mass is 601 g/mol. The number of halogens is 3. The molecule has 0 aliphatic carbocycles. The van der Waals surface area contributed by atoms with Gasteiger partial charge in [0, 0.05) is 36.3 Å². The molecule has 1 aromatic heterocycles. The third-order valence-corrected chi connectivity index (χ3v) is 7.97. The molecule has 13 heteroatoms. The lowest BCUT2D eigenvalue weighted by atomic mass is 9.95. The van der Waals surface area contributed by atoms with Gasteiger partial charge in [-0.05, 0) is 49.6 Å². The first-order chi connectivity index (χ1) is 20.2. The number of hydrogen-bond acceptors (Lipinski definition) is 6. The number of benzene rings is 2. The van der Waals surface area contributed by atoms with E-state index in [1.807, 2.05) is 6.92 Å². The molecule has 3 atom stereocenters. The average molecular weight is 602 g/mol. The molecule has 5 rings (SSSR count). The number of imidazole rings is 1. The van der Waals surface area contributed by atoms with Gasteiger partial charge in [0.25, 0.3) is 0 Å². The first-order valence-electron chi connectivity index (χ1n) is 13.7. The number of ether oxygens (including phenoxy) is 2. The zero-order valence-corrected chi connectivity index (χ0v) is 23.8. The Morgan fingerprint density at radius 3 is 2.76 bits per heavy atom. The van der Waals surface area contributed by atoms with Crippen molar-refractivity contribution in [3.8, 4) is 11.3 Å². The second-order valence-electron chi connectivity index (χ2n) is 10.2. The summed E-state index contributed by atoms with van der Waals surface area (Å²) < 4.78 is 39.4. The maximum Gasteiger partial charge on any atom is 0.411 e. The van der Waals surface area contributed by atoms with E-state index in [2.05, 4.69) is 20.4 Å². The predicted molar refractivity (Wildman–Crippen MR) is 151 cm³/mol. The number of H-pyrrole nitrogens is 1. The molecule has 3 amide bonds. The molecule has 1 fully saturated rings. The van der Waals surface area contributed by atoms with Crippen LogP contribution in [0.25, 0.3) is 11.3 Å². The minimum Gasteiger partial charge on any atom is -0.453 e. The van der Waals surface area contributed by atoms with Crippen molar-refractivity contribution in [2.24, 2.45) is 5.92 Å². The van der Waals surface area contributed by atoms with E-state index < -0.39 is 36.0 Å². The second-order valence-corrected chi connectivity index (χ2v) is 10.6. The van der Waals surface area contributed by atoms with Crippen LogP contribution in [0.4, 0.5) is 29.7 Å². The molecule has 0 spiro atoms. The van der Waals surface area contributed by atoms with Gasteiger partial charge in [0.05, 0.1) is 35.1 Å². The number of amides is 3. The first kappa shape index (κ1) is 29.3. The van der Waals surface area contributed by atoms with Crippen molar-refractivity contribution in [1.29, 1.82) is 0 Å². The Hall–Kier alpha value is -4.19. The van der Waals surface area contributed by atoms with Crippen molar-refractivity contribution in [1.82, 2.24) is 14.9 Å². The number of hydrogen-bond donors (Lipinski definition) is 3. The summed E-state index contributed by atoms with van der Waals surface area (Å²) in [5.74, 6) is -1.76. The van der Waals surface area contributed by atoms with Crippen molar-refractivity contribution in [3.05, 3.63) is 64.6 Å². The highest BCUT2D eigenvalue weighted by Crippen LogP contribution is 2.39. The summed E-state index contributed by atoms with van der Waals surface area (Å²) >= 11 is 5.85. The van der Waals surface area contributed by atoms with Crippen molar-refractivity contribution < 1.29 is 32.6 Å². The van der Waals surface area contributed by atoms with Crippen molar-refractivity contribution in [2.75, 3.05) is 24.3 Å². The molecule has 2 aromatic carbocycles. The molecule has 2 bridgehead atoms. The number of rotatable bonds is 4. The van der Waals surface area contributed by atoms with Crippen molar-refractivity contribution in [2.45, 2.75) is 51.2 Å². The molecule has 3 aromatic rings. The van der Waals surface area contributed by atoms with Crippen LogP contribution in [0.5, 0.6) is 0 Å². The van der Waals surface area contributed by atoms with Gasteiger partial charge in [-0.1, -0.05) is 24.9 Å². The van der Waals surface area contributed by atoms with E-state index in [0.717, 1.165) is 12.1 Å². The number of carbonyl (C=O) groups is 3. The summed E-state index contributed by atoms with van der Waals surface area (Å²) in [6.07, 6.45) is 1.52. The number of carbonyl (C=O) groups excluding carboxylic acids is 3. The Bertz CT molecular complexity index is 1520. The molecular weight excluding hydrogens is 572 g/mol. The fourth-order valence-electron chi connectivity index (χ4n) is 5.44. The molecule has 3 heterocycles. The number of nitrogens with one attached hydrogen (secondary N) is 3. The topological polar surface area (TPSA) is 126 Å². The van der Waals surface area contributed by atoms with Crippen LogP contribution < -0.4 is 10.6 Å². The molecular formula is C29H30ClF2N5O5. The summed E-state index contributed by atoms with van der Waals surface area (Å²) in [7, 11) is 1.25. The summed E-state index contributed by atoms with van der Waals surface area (Å²) in [6, 6.07) is 6.63. The minimum absolute atomic E-state index is 0.142. The Morgan fingerprint density at radius 1 is 1.21 bits per heavy atom. The lowest BCUT2D eigenvalue weighted by Crippen LogP contribution is -2.42. The van der Waals surface area contributed by atoms with Gasteiger partial charge >= 0.3 is 12.2 Å². The standard InChI is InChI=1S/C29H30ClF2N5O5/c1-3-15-5-4-6-22(37-12-11-23(42-29(37)40)24-19(31)10-9-18(30)25(24)32)26-33-14-21(35-26)17-8-7-16(34-28(39)41-2)13-20(17)36-27(15)38/h7-10,13-15,22-23H,3-6,11-12H2,1-2H3,(H,33,35)(H,34,39)(H,36,38)/t15-,22-,23?/m0/s1. The van der Waals surface area contributed by atoms with Gasteiger partial charge in [-0.25, -0.2) is 23.4 Å². The minimum atomic E-state index is -1.13. The highest BCUT2D eigenvalue weighted by Gasteiger charge is 2.37. The van der Waals surface area contributed by atoms with Crippen LogP contribution in [0.2, 0.25) is 5.02 Å². The highest BCUT2D eigenvalue weighted by molar-refractivity contribution is 6.30. The van der Waals surface area contributed by atoms with Crippen molar-refractivity contribution >= 4 is 41.1 Å². The van der Waals surface area contributed by atoms with Gasteiger partial charge < -0.3 is 19.8 Å². The van der Waals surface area contributed by atoms with E-state index in [0.29, 0.717) is 54.1 Å². The molecule has 1 saturated heterocycles. The van der Waals surface area contributed by atoms with E-state index >= 15 is 0 Å². The number of aromatic amines is 1. The Kier molecular flexibility index (Phi) is 8.62. The number of methoxy groups -OCH3 is 1. The zero-order valence-electron chi connectivity index (χ0n) is 23.0. The van der Waals surface area contributed by atoms with Crippen LogP contribution in [0.15, 0.2) is 36.5 Å². The highest BCUT2D eigenvalue weighted by atomic mass is 35.5. The predicted octanol–water partition coefficient (Wildman–Crippen LogP) is 6.96. The number of fused-ring (bicyclic) bond motifs is 4. The molecule has 2 aliphatic heterocycles. The average Bonchev–Trinajstić information content (AvgIpc) is 3.45. The number of aromatic nitrogens is 2. The Labute approximate surface area is 245 Å². The number of nitrogens with zero attached hydrogens (tertiary/aromatic N) is 2. The summed E-state index contributed by atoms with van der Waals surface area (Å²) in [6.45, 7) is 2.09. The van der Waals surface area contributed by atoms with Crippen LogP contribution in [-0.2, 0) is 14.3 Å². The zero-order chi connectivity index (χ0) is 30.0. The fraction of sp³-hybridized carbons (Fsp3) is 0.379. The lowest BCUT2D eigenvalue weighted by Gasteiger charge is -2.36. The van der Waals surface area contributed by atoms with Gasteiger partial charge in [-0.15, -0.1) is 0 Å². The summed E-state index contributed by atoms with van der Waals surface area (Å²) in [4.78, 5) is 47.7. The number of cyclic esters (lactones) is 1. The molecule has 42 heavy (non-hydrogen) atoms. The third kappa shape index (κ3) is 5.89. The Morgan fingerprint density at radius 2 is 2.02 bits per heavy atom. The molecule has 10 nitrogen and oxygen atoms in total. The van der Waals surface area contributed by atoms with Crippen LogP contribution in [0, 0.1) is 17.6 Å². The van der Waals surface area contributed by atoms with Crippen LogP contribution in [-0.4, -0.2) is 46.6 Å². The summed E-state index contributed by atoms with van der Waals surface area (Å²) in [5, 5.41) is 5.33. The maximum absolute atomic E-state index is 14.7. The van der Waals surface area contributed by atoms with Crippen LogP contribution >= 0.6 is 11.6 Å². The first-order valence-corrected chi connectivity index (χ1v) is 14.0. The largest absolute Gasteiger partial charge is 0.453 e. The molecule has 222 valence electrons. The Balaban J connectivity index is 1.46. The van der Waals surface area contributed by atoms with E-state index in [1.165, 1.54) is 12.0 Å². The van der Waals surface area contributed by atoms with Gasteiger partial charge in [-0.3, -0.25) is 15.0 Å². The van der Waals surface area contributed by atoms with E-state index in [4.69, 9.17) is 21.3 Å². The van der Waals surface area contributed by atoms with Crippen molar-refractivity contribution in [3.63, 3.8) is 0 Å². The molecule has 0 saturated carbocycles. The van der Waals surface area contributed by atoms with Crippen LogP contribution in [0.1, 0.15) is 62.6 Å². The number of anilines is 2. The molecule has 3 N–H and O–H groups in total. The SMILES string of the molecule is CC[C@H]1CCC[C@H](N2CCC(c3c(F)ccc(Cl)c3F)OC2=O)c2nc(c[nH]2)-c2ccc(NC(=O)OC)cc2NC1=O. The molecule has 0 radical (unpaired) electrons. The van der Waals surface area contributed by atoms with Gasteiger partial charge in [0.15, 0.2) is 5.82 Å². The smallest absolute Gasteiger partial charge is 0.411 e. The third-order valence-electron chi connectivity index (χ3n) is 7.68. The summed E-state index contributed by atoms with van der Waals surface area (Å²) in [5.41, 5.74) is 1.61. The van der Waals surface area contributed by atoms with Crippen LogP contribution in [0.3, 0.4) is 0 Å². The molecule has 2 aliphatic rings. The van der Waals surface area contributed by atoms with E-state index in [9.17, 15) is 23.2 Å². The van der Waals surface area contributed by atoms with Gasteiger partial charge in [0.1, 0.15) is 17.7 Å². The molecule has 1 unspecified atom stereocenters. The fourth-order valence-corrected chi connectivity index (χ4v) is 5.60. The van der Waals surface area contributed by atoms with E-state index in [-0.39, 0.29) is 35.4 Å². The lowest BCUT2D eigenvalue weighted by molar-refractivity contribution is -0.120. The second kappa shape index (κ2) is 12.4.